The van der Waals surface area contributed by atoms with E-state index in [1.807, 2.05) is 30.3 Å². The molecule has 0 radical (unpaired) electrons. The fourth-order valence-corrected chi connectivity index (χ4v) is 4.69. The van der Waals surface area contributed by atoms with Crippen LogP contribution in [-0.4, -0.2) is 58.9 Å². The number of fused-ring (bicyclic) bond motifs is 1. The molecule has 2 fully saturated rings. The monoisotopic (exact) mass is 379 g/mol. The predicted molar refractivity (Wildman–Crippen MR) is 98.4 cm³/mol. The van der Waals surface area contributed by atoms with Crippen molar-refractivity contribution in [3.05, 3.63) is 54.4 Å². The van der Waals surface area contributed by atoms with Gasteiger partial charge >= 0.3 is 0 Å². The molecular formula is C19H21N7O2. The Balaban J connectivity index is 1.38. The number of aromatic nitrogens is 6. The SMILES string of the molecule is O=C(c1nc(-n2cnnc2)n[nH]1)N1C[C@@H]2CCC[C@@](O)(c3ccccc3)[C@@H]2C1. The van der Waals surface area contributed by atoms with Crippen molar-refractivity contribution in [2.75, 3.05) is 13.1 Å². The maximum absolute atomic E-state index is 13.0. The molecule has 3 aromatic rings. The van der Waals surface area contributed by atoms with Gasteiger partial charge in [0.25, 0.3) is 11.9 Å². The Morgan fingerprint density at radius 3 is 2.75 bits per heavy atom. The molecule has 28 heavy (non-hydrogen) atoms. The summed E-state index contributed by atoms with van der Waals surface area (Å²) in [5, 5.41) is 25.7. The minimum absolute atomic E-state index is 0.0211. The van der Waals surface area contributed by atoms with Crippen LogP contribution in [0.1, 0.15) is 35.4 Å². The van der Waals surface area contributed by atoms with Crippen LogP contribution in [0.15, 0.2) is 43.0 Å². The molecule has 9 heteroatoms. The average Bonchev–Trinajstić information content (AvgIpc) is 3.48. The summed E-state index contributed by atoms with van der Waals surface area (Å²) in [4.78, 5) is 19.0. The number of amides is 1. The molecular weight excluding hydrogens is 358 g/mol. The van der Waals surface area contributed by atoms with Crippen molar-refractivity contribution < 1.29 is 9.90 Å². The van der Waals surface area contributed by atoms with Crippen molar-refractivity contribution in [1.29, 1.82) is 0 Å². The molecule has 1 aliphatic carbocycles. The zero-order chi connectivity index (χ0) is 19.1. The highest BCUT2D eigenvalue weighted by molar-refractivity contribution is 5.90. The number of benzene rings is 1. The van der Waals surface area contributed by atoms with E-state index in [4.69, 9.17) is 0 Å². The van der Waals surface area contributed by atoms with Gasteiger partial charge in [0.05, 0.1) is 5.60 Å². The van der Waals surface area contributed by atoms with E-state index in [9.17, 15) is 9.90 Å². The first kappa shape index (κ1) is 17.1. The number of aromatic amines is 1. The number of hydrogen-bond donors (Lipinski definition) is 2. The van der Waals surface area contributed by atoms with Crippen molar-refractivity contribution in [2.45, 2.75) is 24.9 Å². The minimum atomic E-state index is -0.895. The minimum Gasteiger partial charge on any atom is -0.385 e. The zero-order valence-electron chi connectivity index (χ0n) is 15.3. The molecule has 0 spiro atoms. The molecule has 5 rings (SSSR count). The van der Waals surface area contributed by atoms with Gasteiger partial charge in [0, 0.05) is 19.0 Å². The largest absolute Gasteiger partial charge is 0.385 e. The number of H-pyrrole nitrogens is 1. The molecule has 0 bridgehead atoms. The number of rotatable bonds is 3. The lowest BCUT2D eigenvalue weighted by Gasteiger charge is -2.41. The first-order valence-electron chi connectivity index (χ1n) is 9.50. The first-order valence-corrected chi connectivity index (χ1v) is 9.50. The molecule has 2 aromatic heterocycles. The summed E-state index contributed by atoms with van der Waals surface area (Å²) in [6.07, 6.45) is 5.64. The van der Waals surface area contributed by atoms with E-state index in [2.05, 4.69) is 25.4 Å². The highest BCUT2D eigenvalue weighted by atomic mass is 16.3. The summed E-state index contributed by atoms with van der Waals surface area (Å²) in [5.41, 5.74) is 0.0439. The van der Waals surface area contributed by atoms with Gasteiger partial charge in [0.1, 0.15) is 12.7 Å². The lowest BCUT2D eigenvalue weighted by atomic mass is 9.67. The predicted octanol–water partition coefficient (Wildman–Crippen LogP) is 1.15. The molecule has 1 saturated carbocycles. The van der Waals surface area contributed by atoms with E-state index in [0.29, 0.717) is 19.0 Å². The van der Waals surface area contributed by atoms with Crippen LogP contribution in [0.2, 0.25) is 0 Å². The second-order valence-corrected chi connectivity index (χ2v) is 7.61. The molecule has 2 aliphatic rings. The standard InChI is InChI=1S/C19H21N7O2/c27-17(16-22-18(24-23-16)26-11-20-21-12-26)25-9-13-5-4-8-19(28,15(13)10-25)14-6-2-1-3-7-14/h1-3,6-7,11-13,15,28H,4-5,8-10H2,(H,22,23,24)/t13-,15+,19+/m0/s1. The van der Waals surface area contributed by atoms with E-state index in [-0.39, 0.29) is 23.6 Å². The van der Waals surface area contributed by atoms with E-state index in [0.717, 1.165) is 24.8 Å². The number of carbonyl (C=O) groups is 1. The third-order valence-corrected chi connectivity index (χ3v) is 6.07. The summed E-state index contributed by atoms with van der Waals surface area (Å²) in [7, 11) is 0. The molecule has 3 atom stereocenters. The molecule has 3 heterocycles. The summed E-state index contributed by atoms with van der Waals surface area (Å²) >= 11 is 0. The molecule has 1 aliphatic heterocycles. The van der Waals surface area contributed by atoms with Crippen molar-refractivity contribution >= 4 is 5.91 Å². The third kappa shape index (κ3) is 2.70. The van der Waals surface area contributed by atoms with Crippen LogP contribution in [-0.2, 0) is 5.60 Å². The molecule has 144 valence electrons. The number of likely N-dealkylation sites (tertiary alicyclic amines) is 1. The van der Waals surface area contributed by atoms with Crippen LogP contribution in [0.25, 0.3) is 5.95 Å². The van der Waals surface area contributed by atoms with Gasteiger partial charge in [0.15, 0.2) is 0 Å². The maximum Gasteiger partial charge on any atom is 0.291 e. The van der Waals surface area contributed by atoms with Crippen LogP contribution in [0, 0.1) is 11.8 Å². The van der Waals surface area contributed by atoms with Crippen LogP contribution >= 0.6 is 0 Å². The van der Waals surface area contributed by atoms with Gasteiger partial charge in [0.2, 0.25) is 5.82 Å². The molecule has 9 nitrogen and oxygen atoms in total. The normalized spacial score (nSPS) is 27.0. The topological polar surface area (TPSA) is 113 Å². The summed E-state index contributed by atoms with van der Waals surface area (Å²) in [6, 6.07) is 9.82. The number of carbonyl (C=O) groups excluding carboxylic acids is 1. The number of aliphatic hydroxyl groups is 1. The van der Waals surface area contributed by atoms with Crippen LogP contribution < -0.4 is 0 Å². The number of hydrogen-bond acceptors (Lipinski definition) is 6. The Bertz CT molecular complexity index is 971. The lowest BCUT2D eigenvalue weighted by Crippen LogP contribution is -2.43. The zero-order valence-corrected chi connectivity index (χ0v) is 15.3. The second-order valence-electron chi connectivity index (χ2n) is 7.61. The maximum atomic E-state index is 13.0. The quantitative estimate of drug-likeness (QED) is 0.706. The smallest absolute Gasteiger partial charge is 0.291 e. The van der Waals surface area contributed by atoms with Gasteiger partial charge in [-0.05, 0) is 30.7 Å². The third-order valence-electron chi connectivity index (χ3n) is 6.07. The molecule has 2 N–H and O–H groups in total. The van der Waals surface area contributed by atoms with Crippen LogP contribution in [0.4, 0.5) is 0 Å². The Labute approximate surface area is 161 Å². The van der Waals surface area contributed by atoms with Gasteiger partial charge in [-0.2, -0.15) is 4.98 Å². The van der Waals surface area contributed by atoms with Crippen molar-refractivity contribution in [1.82, 2.24) is 34.8 Å². The van der Waals surface area contributed by atoms with Crippen molar-refractivity contribution in [3.63, 3.8) is 0 Å². The molecule has 1 aromatic carbocycles. The fraction of sp³-hybridized carbons (Fsp3) is 0.421. The summed E-state index contributed by atoms with van der Waals surface area (Å²) in [5.74, 6) is 0.615. The highest BCUT2D eigenvalue weighted by Crippen LogP contribution is 2.48. The van der Waals surface area contributed by atoms with E-state index >= 15 is 0 Å². The van der Waals surface area contributed by atoms with Gasteiger partial charge in [-0.1, -0.05) is 30.3 Å². The Hall–Kier alpha value is -3.07. The van der Waals surface area contributed by atoms with Gasteiger partial charge in [-0.3, -0.25) is 14.5 Å². The average molecular weight is 379 g/mol. The van der Waals surface area contributed by atoms with Crippen molar-refractivity contribution in [2.24, 2.45) is 11.8 Å². The van der Waals surface area contributed by atoms with Crippen LogP contribution in [0.3, 0.4) is 0 Å². The fourth-order valence-electron chi connectivity index (χ4n) is 4.69. The summed E-state index contributed by atoms with van der Waals surface area (Å²) in [6.45, 7) is 1.14. The van der Waals surface area contributed by atoms with Crippen LogP contribution in [0.5, 0.6) is 0 Å². The van der Waals surface area contributed by atoms with Gasteiger partial charge < -0.3 is 10.0 Å². The van der Waals surface area contributed by atoms with Gasteiger partial charge in [-0.15, -0.1) is 15.3 Å². The van der Waals surface area contributed by atoms with Crippen molar-refractivity contribution in [3.8, 4) is 5.95 Å². The Kier molecular flexibility index (Phi) is 3.97. The van der Waals surface area contributed by atoms with Gasteiger partial charge in [-0.25, -0.2) is 0 Å². The highest BCUT2D eigenvalue weighted by Gasteiger charge is 2.50. The lowest BCUT2D eigenvalue weighted by molar-refractivity contribution is -0.0644. The first-order chi connectivity index (χ1) is 13.6. The molecule has 1 amide bonds. The molecule has 0 unspecified atom stereocenters. The summed E-state index contributed by atoms with van der Waals surface area (Å²) < 4.78 is 1.53. The van der Waals surface area contributed by atoms with E-state index in [1.165, 1.54) is 17.2 Å². The Morgan fingerprint density at radius 1 is 1.18 bits per heavy atom. The van der Waals surface area contributed by atoms with E-state index in [1.54, 1.807) is 4.90 Å². The molecule has 1 saturated heterocycles. The number of nitrogens with zero attached hydrogens (tertiary/aromatic N) is 6. The number of nitrogens with one attached hydrogen (secondary N) is 1. The Morgan fingerprint density at radius 2 is 1.96 bits per heavy atom. The van der Waals surface area contributed by atoms with E-state index < -0.39 is 5.60 Å². The second kappa shape index (κ2) is 6.52.